The van der Waals surface area contributed by atoms with E-state index in [1.807, 2.05) is 27.0 Å². The smallest absolute Gasteiger partial charge is 0.196 e. The van der Waals surface area contributed by atoms with Crippen LogP contribution in [0.15, 0.2) is 24.3 Å². The topological polar surface area (TPSA) is 70.0 Å². The van der Waals surface area contributed by atoms with Gasteiger partial charge in [-0.25, -0.2) is 0 Å². The molecule has 0 unspecified atom stereocenters. The maximum Gasteiger partial charge on any atom is 0.196 e. The number of nitrogens with zero attached hydrogens (tertiary/aromatic N) is 1. The highest BCUT2D eigenvalue weighted by molar-refractivity contribution is 5.98. The maximum absolute atomic E-state index is 12.4. The number of ether oxygens (including phenoxy) is 1. The molecule has 23 heavy (non-hydrogen) atoms. The van der Waals surface area contributed by atoms with Crippen LogP contribution in [0.5, 0.6) is 11.5 Å². The van der Waals surface area contributed by atoms with E-state index in [1.54, 1.807) is 12.1 Å². The Labute approximate surface area is 135 Å². The van der Waals surface area contributed by atoms with Gasteiger partial charge in [0.25, 0.3) is 0 Å². The quantitative estimate of drug-likeness (QED) is 0.857. The second-order valence-corrected chi connectivity index (χ2v) is 7.00. The lowest BCUT2D eigenvalue weighted by atomic mass is 9.55. The van der Waals surface area contributed by atoms with Crippen LogP contribution in [0.3, 0.4) is 0 Å². The van der Waals surface area contributed by atoms with Crippen molar-refractivity contribution in [1.29, 1.82) is 0 Å². The lowest BCUT2D eigenvalue weighted by Crippen LogP contribution is -2.70. The van der Waals surface area contributed by atoms with E-state index in [2.05, 4.69) is 4.90 Å². The van der Waals surface area contributed by atoms with E-state index in [1.165, 1.54) is 6.08 Å². The third-order valence-corrected chi connectivity index (χ3v) is 6.05. The molecular formula is C18H21NO4. The largest absolute Gasteiger partial charge is 0.504 e. The van der Waals surface area contributed by atoms with E-state index >= 15 is 0 Å². The number of phenols is 1. The highest BCUT2D eigenvalue weighted by Gasteiger charge is 2.67. The van der Waals surface area contributed by atoms with E-state index in [-0.39, 0.29) is 17.6 Å². The molecule has 2 aliphatic carbocycles. The van der Waals surface area contributed by atoms with Crippen LogP contribution in [0.1, 0.15) is 25.0 Å². The van der Waals surface area contributed by atoms with Crippen LogP contribution in [-0.4, -0.2) is 52.2 Å². The number of likely N-dealkylation sites (N-methyl/N-ethyl adjacent to an activating group) is 1. The Morgan fingerprint density at radius 1 is 1.43 bits per heavy atom. The average Bonchev–Trinajstić information content (AvgIpc) is 2.87. The zero-order chi connectivity index (χ0) is 16.6. The Bertz CT molecular complexity index is 743. The van der Waals surface area contributed by atoms with Crippen LogP contribution in [0, 0.1) is 0 Å². The number of carbonyl (C=O) groups is 1. The SMILES string of the molecule is CCN(C)[C@@H]1Cc2ccc(O)c3c2[C@@]2(C)[C@@H](O3)C(=O)C=C[C@@]12O. The van der Waals surface area contributed by atoms with Gasteiger partial charge in [-0.05, 0) is 50.7 Å². The Balaban J connectivity index is 2.04. The molecule has 0 aromatic heterocycles. The number of carbonyl (C=O) groups excluding carboxylic acids is 1. The number of rotatable bonds is 2. The number of aliphatic hydroxyl groups is 1. The van der Waals surface area contributed by atoms with Crippen molar-refractivity contribution in [3.8, 4) is 11.5 Å². The maximum atomic E-state index is 12.4. The van der Waals surface area contributed by atoms with Crippen LogP contribution in [0.4, 0.5) is 0 Å². The zero-order valence-electron chi connectivity index (χ0n) is 13.5. The van der Waals surface area contributed by atoms with Gasteiger partial charge in [-0.2, -0.15) is 0 Å². The molecule has 3 aliphatic rings. The Morgan fingerprint density at radius 2 is 2.17 bits per heavy atom. The predicted octanol–water partition coefficient (Wildman–Crippen LogP) is 1.16. The fraction of sp³-hybridized carbons (Fsp3) is 0.500. The molecule has 1 aromatic carbocycles. The molecule has 4 rings (SSSR count). The minimum atomic E-state index is -1.22. The lowest BCUT2D eigenvalue weighted by Gasteiger charge is -2.54. The van der Waals surface area contributed by atoms with Gasteiger partial charge in [0.05, 0.1) is 5.41 Å². The minimum Gasteiger partial charge on any atom is -0.504 e. The number of ketones is 1. The zero-order valence-corrected chi connectivity index (χ0v) is 13.5. The Morgan fingerprint density at radius 3 is 2.87 bits per heavy atom. The van der Waals surface area contributed by atoms with Crippen molar-refractivity contribution in [3.05, 3.63) is 35.4 Å². The van der Waals surface area contributed by atoms with Gasteiger partial charge in [-0.1, -0.05) is 13.0 Å². The third kappa shape index (κ3) is 1.52. The standard InChI is InChI=1S/C18H21NO4/c1-4-19(3)13-9-10-5-6-11(20)15-14(10)17(2)16(23-15)12(21)7-8-18(13,17)22/h5-8,13,16,20,22H,4,9H2,1-3H3/t13-,16+,17+,18-/m1/s1. The first-order valence-electron chi connectivity index (χ1n) is 8.02. The fourth-order valence-electron chi connectivity index (χ4n) is 4.59. The van der Waals surface area contributed by atoms with E-state index in [4.69, 9.17) is 4.74 Å². The molecule has 1 aliphatic heterocycles. The van der Waals surface area contributed by atoms with E-state index in [0.717, 1.165) is 17.7 Å². The molecule has 0 amide bonds. The van der Waals surface area contributed by atoms with Gasteiger partial charge in [0.2, 0.25) is 0 Å². The van der Waals surface area contributed by atoms with Gasteiger partial charge in [-0.3, -0.25) is 4.79 Å². The average molecular weight is 315 g/mol. The molecular weight excluding hydrogens is 294 g/mol. The predicted molar refractivity (Wildman–Crippen MR) is 84.8 cm³/mol. The molecule has 0 saturated carbocycles. The summed E-state index contributed by atoms with van der Waals surface area (Å²) in [7, 11) is 1.98. The number of aromatic hydroxyl groups is 1. The molecule has 122 valence electrons. The van der Waals surface area contributed by atoms with Gasteiger partial charge in [-0.15, -0.1) is 0 Å². The van der Waals surface area contributed by atoms with Gasteiger partial charge < -0.3 is 19.8 Å². The second kappa shape index (κ2) is 4.36. The molecule has 1 heterocycles. The highest BCUT2D eigenvalue weighted by Crippen LogP contribution is 2.60. The van der Waals surface area contributed by atoms with Crippen LogP contribution in [0.2, 0.25) is 0 Å². The van der Waals surface area contributed by atoms with Crippen molar-refractivity contribution < 1.29 is 19.7 Å². The van der Waals surface area contributed by atoms with E-state index in [0.29, 0.717) is 12.2 Å². The number of benzene rings is 1. The Hall–Kier alpha value is -1.85. The molecule has 5 nitrogen and oxygen atoms in total. The van der Waals surface area contributed by atoms with Crippen molar-refractivity contribution in [2.75, 3.05) is 13.6 Å². The van der Waals surface area contributed by atoms with E-state index < -0.39 is 17.1 Å². The molecule has 4 atom stereocenters. The first-order chi connectivity index (χ1) is 10.8. The molecule has 0 fully saturated rings. The first-order valence-corrected chi connectivity index (χ1v) is 8.02. The van der Waals surface area contributed by atoms with Crippen molar-refractivity contribution in [2.24, 2.45) is 0 Å². The molecule has 1 aromatic rings. The van der Waals surface area contributed by atoms with Gasteiger partial charge in [0.15, 0.2) is 23.4 Å². The minimum absolute atomic E-state index is 0.0248. The van der Waals surface area contributed by atoms with Gasteiger partial charge in [0.1, 0.15) is 5.60 Å². The number of hydrogen-bond acceptors (Lipinski definition) is 5. The summed E-state index contributed by atoms with van der Waals surface area (Å²) < 4.78 is 5.85. The monoisotopic (exact) mass is 315 g/mol. The first kappa shape index (κ1) is 14.7. The van der Waals surface area contributed by atoms with Gasteiger partial charge in [0, 0.05) is 11.6 Å². The normalized spacial score (nSPS) is 37.0. The van der Waals surface area contributed by atoms with Crippen LogP contribution in [0.25, 0.3) is 0 Å². The van der Waals surface area contributed by atoms with Crippen LogP contribution in [-0.2, 0) is 16.6 Å². The number of hydrogen-bond donors (Lipinski definition) is 2. The van der Waals surface area contributed by atoms with Crippen molar-refractivity contribution in [3.63, 3.8) is 0 Å². The van der Waals surface area contributed by atoms with Crippen LogP contribution < -0.4 is 4.74 Å². The van der Waals surface area contributed by atoms with Crippen molar-refractivity contribution in [2.45, 2.75) is 43.4 Å². The second-order valence-electron chi connectivity index (χ2n) is 7.00. The van der Waals surface area contributed by atoms with Gasteiger partial charge >= 0.3 is 0 Å². The third-order valence-electron chi connectivity index (χ3n) is 6.05. The molecule has 0 bridgehead atoms. The Kier molecular flexibility index (Phi) is 2.79. The van der Waals surface area contributed by atoms with Crippen molar-refractivity contribution in [1.82, 2.24) is 4.90 Å². The van der Waals surface area contributed by atoms with Crippen molar-refractivity contribution >= 4 is 5.78 Å². The number of phenolic OH excluding ortho intramolecular Hbond substituents is 1. The summed E-state index contributed by atoms with van der Waals surface area (Å²) in [5, 5.41) is 21.8. The summed E-state index contributed by atoms with van der Waals surface area (Å²) in [5.74, 6) is 0.207. The molecule has 0 spiro atoms. The summed E-state index contributed by atoms with van der Waals surface area (Å²) in [6.45, 7) is 4.71. The summed E-state index contributed by atoms with van der Waals surface area (Å²) in [6.07, 6.45) is 2.91. The van der Waals surface area contributed by atoms with E-state index in [9.17, 15) is 15.0 Å². The molecule has 5 heteroatoms. The molecule has 2 N–H and O–H groups in total. The lowest BCUT2D eigenvalue weighted by molar-refractivity contribution is -0.137. The molecule has 0 saturated heterocycles. The summed E-state index contributed by atoms with van der Waals surface area (Å²) >= 11 is 0. The fourth-order valence-corrected chi connectivity index (χ4v) is 4.59. The van der Waals surface area contributed by atoms with Crippen LogP contribution >= 0.6 is 0 Å². The summed E-state index contributed by atoms with van der Waals surface area (Å²) in [5.41, 5.74) is -0.305. The summed E-state index contributed by atoms with van der Waals surface area (Å²) in [4.78, 5) is 14.5. The molecule has 0 radical (unpaired) electrons. The highest BCUT2D eigenvalue weighted by atomic mass is 16.5. The summed E-state index contributed by atoms with van der Waals surface area (Å²) in [6, 6.07) is 3.33.